The second-order valence-corrected chi connectivity index (χ2v) is 8.19. The van der Waals surface area contributed by atoms with Crippen LogP contribution in [0.4, 0.5) is 0 Å². The van der Waals surface area contributed by atoms with Gasteiger partial charge in [-0.2, -0.15) is 0 Å². The number of aryl methyl sites for hydroxylation is 1. The number of carbonyl (C=O) groups excluding carboxylic acids is 1. The van der Waals surface area contributed by atoms with E-state index >= 15 is 0 Å². The molecular weight excluding hydrogens is 424 g/mol. The Balaban J connectivity index is 1.46. The molecule has 3 aromatic heterocycles. The molecule has 0 amide bonds. The molecule has 9 heteroatoms. The maximum atomic E-state index is 12.2. The van der Waals surface area contributed by atoms with Crippen molar-refractivity contribution in [1.29, 1.82) is 0 Å². The zero-order chi connectivity index (χ0) is 21.1. The fourth-order valence-corrected chi connectivity index (χ4v) is 3.93. The lowest BCUT2D eigenvalue weighted by Crippen LogP contribution is -2.16. The molecular formula is C21H17ClN4O3S. The number of carbonyl (C=O) groups is 1. The minimum absolute atomic E-state index is 0.0366. The summed E-state index contributed by atoms with van der Waals surface area (Å²) in [6, 6.07) is 13.9. The van der Waals surface area contributed by atoms with Gasteiger partial charge in [0.25, 0.3) is 5.56 Å². The van der Waals surface area contributed by atoms with E-state index in [9.17, 15) is 9.59 Å². The van der Waals surface area contributed by atoms with Gasteiger partial charge in [-0.15, -0.1) is 16.4 Å². The van der Waals surface area contributed by atoms with Gasteiger partial charge < -0.3 is 4.74 Å². The summed E-state index contributed by atoms with van der Waals surface area (Å²) in [5.41, 5.74) is 2.08. The Hall–Kier alpha value is -3.23. The first kappa shape index (κ1) is 20.1. The van der Waals surface area contributed by atoms with Crippen LogP contribution in [-0.2, 0) is 6.42 Å². The Bertz CT molecular complexity index is 1240. The molecule has 0 spiro atoms. The first-order valence-electron chi connectivity index (χ1n) is 9.11. The smallest absolute Gasteiger partial charge is 0.255 e. The number of Topliss-reactive ketones (excluding diaryl/α,β-unsaturated/α-hetero) is 1. The van der Waals surface area contributed by atoms with Crippen LogP contribution < -0.4 is 10.3 Å². The maximum Gasteiger partial charge on any atom is 0.255 e. The van der Waals surface area contributed by atoms with Crippen LogP contribution >= 0.6 is 22.9 Å². The zero-order valence-corrected chi connectivity index (χ0v) is 17.6. The Morgan fingerprint density at radius 3 is 2.53 bits per heavy atom. The predicted molar refractivity (Wildman–Crippen MR) is 115 cm³/mol. The van der Waals surface area contributed by atoms with Crippen LogP contribution in [0.3, 0.4) is 0 Å². The minimum atomic E-state index is -0.150. The van der Waals surface area contributed by atoms with Gasteiger partial charge in [0, 0.05) is 24.6 Å². The normalized spacial score (nSPS) is 10.9. The van der Waals surface area contributed by atoms with Gasteiger partial charge in [0.05, 0.1) is 40.1 Å². The Kier molecular flexibility index (Phi) is 5.78. The molecule has 0 atom stereocenters. The molecule has 0 unspecified atom stereocenters. The highest BCUT2D eigenvalue weighted by Crippen LogP contribution is 2.23. The van der Waals surface area contributed by atoms with Gasteiger partial charge in [-0.1, -0.05) is 16.8 Å². The van der Waals surface area contributed by atoms with Crippen LogP contribution in [0, 0.1) is 0 Å². The van der Waals surface area contributed by atoms with E-state index in [-0.39, 0.29) is 11.3 Å². The predicted octanol–water partition coefficient (Wildman–Crippen LogP) is 3.96. The van der Waals surface area contributed by atoms with Crippen LogP contribution in [0.25, 0.3) is 11.4 Å². The Labute approximate surface area is 181 Å². The zero-order valence-electron chi connectivity index (χ0n) is 16.0. The van der Waals surface area contributed by atoms with Gasteiger partial charge in [-0.05, 0) is 42.5 Å². The van der Waals surface area contributed by atoms with E-state index in [2.05, 4.69) is 10.3 Å². The van der Waals surface area contributed by atoms with E-state index < -0.39 is 0 Å². The number of benzene rings is 1. The molecule has 3 heterocycles. The number of ether oxygens (including phenoxy) is 1. The number of thiophene rings is 1. The number of rotatable bonds is 7. The molecule has 0 fully saturated rings. The summed E-state index contributed by atoms with van der Waals surface area (Å²) in [5, 5.41) is 8.28. The highest BCUT2D eigenvalue weighted by Gasteiger charge is 2.11. The van der Waals surface area contributed by atoms with Crippen LogP contribution in [-0.4, -0.2) is 32.5 Å². The maximum absolute atomic E-state index is 12.2. The van der Waals surface area contributed by atoms with E-state index in [1.165, 1.54) is 22.0 Å². The molecule has 0 bridgehead atoms. The van der Waals surface area contributed by atoms with Crippen molar-refractivity contribution in [3.63, 3.8) is 0 Å². The molecule has 0 saturated carbocycles. The number of pyridine rings is 1. The quantitative estimate of drug-likeness (QED) is 0.406. The van der Waals surface area contributed by atoms with E-state index in [4.69, 9.17) is 16.3 Å². The van der Waals surface area contributed by atoms with E-state index in [0.29, 0.717) is 33.5 Å². The van der Waals surface area contributed by atoms with Crippen molar-refractivity contribution in [3.8, 4) is 17.1 Å². The van der Waals surface area contributed by atoms with Crippen molar-refractivity contribution < 1.29 is 9.53 Å². The first-order valence-corrected chi connectivity index (χ1v) is 10.3. The van der Waals surface area contributed by atoms with Crippen molar-refractivity contribution in [2.24, 2.45) is 0 Å². The fraction of sp³-hybridized carbons (Fsp3) is 0.143. The van der Waals surface area contributed by atoms with Gasteiger partial charge in [-0.25, -0.2) is 4.68 Å². The molecule has 0 N–H and O–H groups in total. The highest BCUT2D eigenvalue weighted by molar-refractivity contribution is 7.18. The summed E-state index contributed by atoms with van der Waals surface area (Å²) in [6.07, 6.45) is 4.27. The molecule has 0 saturated heterocycles. The monoisotopic (exact) mass is 440 g/mol. The Morgan fingerprint density at radius 1 is 1.07 bits per heavy atom. The topological polar surface area (TPSA) is 79.0 Å². The molecule has 0 aliphatic rings. The molecule has 0 aliphatic carbocycles. The third kappa shape index (κ3) is 4.34. The van der Waals surface area contributed by atoms with Crippen LogP contribution in [0.5, 0.6) is 5.75 Å². The average molecular weight is 441 g/mol. The van der Waals surface area contributed by atoms with Crippen molar-refractivity contribution >= 4 is 28.7 Å². The van der Waals surface area contributed by atoms with Gasteiger partial charge >= 0.3 is 0 Å². The molecule has 7 nitrogen and oxygen atoms in total. The number of halogens is 1. The molecule has 4 rings (SSSR count). The second-order valence-electron chi connectivity index (χ2n) is 6.47. The van der Waals surface area contributed by atoms with E-state index in [1.807, 2.05) is 24.3 Å². The minimum Gasteiger partial charge on any atom is -0.495 e. The lowest BCUT2D eigenvalue weighted by molar-refractivity contribution is 0.0986. The van der Waals surface area contributed by atoms with Crippen molar-refractivity contribution in [1.82, 2.24) is 19.6 Å². The van der Waals surface area contributed by atoms with Crippen molar-refractivity contribution in [3.05, 3.63) is 86.2 Å². The number of aromatic nitrogens is 4. The van der Waals surface area contributed by atoms with Crippen LogP contribution in [0.2, 0.25) is 4.34 Å². The average Bonchev–Trinajstić information content (AvgIpc) is 3.42. The molecule has 0 aliphatic heterocycles. The van der Waals surface area contributed by atoms with Crippen LogP contribution in [0.15, 0.2) is 65.7 Å². The summed E-state index contributed by atoms with van der Waals surface area (Å²) in [4.78, 5) is 25.0. The van der Waals surface area contributed by atoms with Crippen molar-refractivity contribution in [2.45, 2.75) is 12.8 Å². The SMILES string of the molecule is COc1ccc(=O)n(-c2ccc(-n3cc(CCC(=O)c4ccc(Cl)s4)nn3)cc2)c1. The molecule has 4 aromatic rings. The van der Waals surface area contributed by atoms with E-state index in [0.717, 1.165) is 11.4 Å². The van der Waals surface area contributed by atoms with Gasteiger partial charge in [0.2, 0.25) is 0 Å². The number of ketones is 1. The fourth-order valence-electron chi connectivity index (χ4n) is 2.92. The molecule has 0 radical (unpaired) electrons. The summed E-state index contributed by atoms with van der Waals surface area (Å²) in [7, 11) is 1.55. The lowest BCUT2D eigenvalue weighted by Gasteiger charge is -2.08. The number of methoxy groups -OCH3 is 1. The van der Waals surface area contributed by atoms with E-state index in [1.54, 1.807) is 42.4 Å². The van der Waals surface area contributed by atoms with Crippen molar-refractivity contribution in [2.75, 3.05) is 7.11 Å². The third-order valence-corrected chi connectivity index (χ3v) is 5.78. The largest absolute Gasteiger partial charge is 0.495 e. The third-order valence-electron chi connectivity index (χ3n) is 4.51. The second kappa shape index (κ2) is 8.64. The first-order chi connectivity index (χ1) is 14.5. The van der Waals surface area contributed by atoms with Gasteiger partial charge in [0.15, 0.2) is 5.78 Å². The molecule has 1 aromatic carbocycles. The highest BCUT2D eigenvalue weighted by atomic mass is 35.5. The van der Waals surface area contributed by atoms with Gasteiger partial charge in [-0.3, -0.25) is 14.2 Å². The summed E-state index contributed by atoms with van der Waals surface area (Å²) >= 11 is 7.16. The lowest BCUT2D eigenvalue weighted by atomic mass is 10.1. The van der Waals surface area contributed by atoms with Gasteiger partial charge in [0.1, 0.15) is 5.75 Å². The number of nitrogens with zero attached hydrogens (tertiary/aromatic N) is 4. The molecule has 152 valence electrons. The summed E-state index contributed by atoms with van der Waals surface area (Å²) in [6.45, 7) is 0. The summed E-state index contributed by atoms with van der Waals surface area (Å²) < 4.78 is 8.94. The summed E-state index contributed by atoms with van der Waals surface area (Å²) in [5.74, 6) is 0.633. The van der Waals surface area contributed by atoms with Crippen LogP contribution in [0.1, 0.15) is 21.8 Å². The number of hydrogen-bond acceptors (Lipinski definition) is 6. The number of hydrogen-bond donors (Lipinski definition) is 0. The Morgan fingerprint density at radius 2 is 1.83 bits per heavy atom. The standard InChI is InChI=1S/C21H17ClN4O3S/c1-29-17-7-11-21(28)25(13-17)15-3-5-16(6-4-15)26-12-14(23-24-26)2-8-18(27)19-9-10-20(22)30-19/h3-7,9-13H,2,8H2,1H3. The molecule has 30 heavy (non-hydrogen) atoms.